The topological polar surface area (TPSA) is 3.24 Å². The van der Waals surface area contributed by atoms with E-state index in [1.54, 1.807) is 6.42 Å². The lowest BCUT2D eigenvalue weighted by Crippen LogP contribution is -2.32. The largest absolute Gasteiger partial charge is 0.297 e. The molecular weight excluding hydrogens is 134 g/mol. The Kier molecular flexibility index (Phi) is 0.976. The second-order valence-electron chi connectivity index (χ2n) is 4.98. The van der Waals surface area contributed by atoms with E-state index in [1.807, 2.05) is 0 Å². The molecule has 3 aliphatic rings. The van der Waals surface area contributed by atoms with E-state index in [9.17, 15) is 0 Å². The van der Waals surface area contributed by atoms with Crippen molar-refractivity contribution in [3.05, 3.63) is 0 Å². The van der Waals surface area contributed by atoms with E-state index in [4.69, 9.17) is 0 Å². The summed E-state index contributed by atoms with van der Waals surface area (Å²) in [5, 5.41) is 0. The van der Waals surface area contributed by atoms with Crippen LogP contribution in [-0.4, -0.2) is 23.5 Å². The summed E-state index contributed by atoms with van der Waals surface area (Å²) in [4.78, 5) is 2.73. The normalized spacial score (nSPS) is 53.7. The van der Waals surface area contributed by atoms with Gasteiger partial charge in [0.1, 0.15) is 0 Å². The molecule has 1 aliphatic heterocycles. The molecule has 2 saturated carbocycles. The van der Waals surface area contributed by atoms with Crippen LogP contribution in [0.25, 0.3) is 0 Å². The van der Waals surface area contributed by atoms with Crippen LogP contribution < -0.4 is 0 Å². The van der Waals surface area contributed by atoms with Crippen LogP contribution >= 0.6 is 0 Å². The van der Waals surface area contributed by atoms with Crippen molar-refractivity contribution in [1.29, 1.82) is 0 Å². The molecule has 0 amide bonds. The maximum atomic E-state index is 2.73. The van der Waals surface area contributed by atoms with Crippen LogP contribution in [0.4, 0.5) is 0 Å². The molecule has 0 aromatic rings. The van der Waals surface area contributed by atoms with Crippen molar-refractivity contribution in [2.45, 2.75) is 45.2 Å². The summed E-state index contributed by atoms with van der Waals surface area (Å²) in [6.45, 7) is 6.11. The lowest BCUT2D eigenvalue weighted by atomic mass is 9.72. The summed E-state index contributed by atoms with van der Waals surface area (Å²) in [5.74, 6) is 1.11. The zero-order valence-corrected chi connectivity index (χ0v) is 7.51. The summed E-state index contributed by atoms with van der Waals surface area (Å²) in [7, 11) is 0. The SMILES string of the molecule is CC(C)N1CC2CCC23CC13. The molecule has 3 rings (SSSR count). The fraction of sp³-hybridized carbons (Fsp3) is 1.00. The number of nitrogens with zero attached hydrogens (tertiary/aromatic N) is 1. The van der Waals surface area contributed by atoms with Crippen molar-refractivity contribution < 1.29 is 0 Å². The highest BCUT2D eigenvalue weighted by molar-refractivity contribution is 5.22. The molecule has 1 heteroatoms. The molecule has 2 aliphatic carbocycles. The van der Waals surface area contributed by atoms with E-state index in [2.05, 4.69) is 18.7 Å². The van der Waals surface area contributed by atoms with Gasteiger partial charge in [0.2, 0.25) is 0 Å². The number of hydrogen-bond donors (Lipinski definition) is 0. The van der Waals surface area contributed by atoms with Gasteiger partial charge in [0.15, 0.2) is 0 Å². The van der Waals surface area contributed by atoms with E-state index in [1.165, 1.54) is 19.4 Å². The van der Waals surface area contributed by atoms with Crippen molar-refractivity contribution >= 4 is 0 Å². The van der Waals surface area contributed by atoms with E-state index < -0.39 is 0 Å². The minimum absolute atomic E-state index is 0.796. The van der Waals surface area contributed by atoms with Gasteiger partial charge in [0.25, 0.3) is 0 Å². The Bertz CT molecular complexity index is 199. The van der Waals surface area contributed by atoms with Crippen LogP contribution in [0, 0.1) is 11.3 Å². The molecule has 3 unspecified atom stereocenters. The standard InChI is InChI=1S/C10H17N/c1-7(2)11-6-8-3-4-10(8)5-9(10)11/h7-9H,3-6H2,1-2H3. The molecule has 11 heavy (non-hydrogen) atoms. The van der Waals surface area contributed by atoms with Crippen LogP contribution in [0.3, 0.4) is 0 Å². The molecule has 0 radical (unpaired) electrons. The Balaban J connectivity index is 1.83. The second-order valence-corrected chi connectivity index (χ2v) is 4.98. The molecule has 1 saturated heterocycles. The molecule has 62 valence electrons. The Labute approximate surface area is 68.8 Å². The van der Waals surface area contributed by atoms with Gasteiger partial charge in [-0.15, -0.1) is 0 Å². The highest BCUT2D eigenvalue weighted by Crippen LogP contribution is 2.70. The third-order valence-electron chi connectivity index (χ3n) is 4.34. The zero-order valence-electron chi connectivity index (χ0n) is 7.51. The van der Waals surface area contributed by atoms with Crippen molar-refractivity contribution in [1.82, 2.24) is 4.90 Å². The van der Waals surface area contributed by atoms with E-state index in [-0.39, 0.29) is 0 Å². The van der Waals surface area contributed by atoms with Crippen LogP contribution in [0.5, 0.6) is 0 Å². The fourth-order valence-electron chi connectivity index (χ4n) is 3.40. The quantitative estimate of drug-likeness (QED) is 0.553. The Morgan fingerprint density at radius 1 is 1.45 bits per heavy atom. The van der Waals surface area contributed by atoms with Gasteiger partial charge < -0.3 is 0 Å². The summed E-state index contributed by atoms with van der Waals surface area (Å²) < 4.78 is 0. The van der Waals surface area contributed by atoms with Crippen molar-refractivity contribution in [2.75, 3.05) is 6.54 Å². The molecule has 3 atom stereocenters. The molecule has 0 aromatic carbocycles. The van der Waals surface area contributed by atoms with E-state index in [0.29, 0.717) is 0 Å². The van der Waals surface area contributed by atoms with Gasteiger partial charge in [-0.25, -0.2) is 0 Å². The minimum Gasteiger partial charge on any atom is -0.297 e. The molecule has 0 N–H and O–H groups in total. The number of hydrogen-bond acceptors (Lipinski definition) is 1. The molecule has 0 bridgehead atoms. The first kappa shape index (κ1) is 6.47. The van der Waals surface area contributed by atoms with Gasteiger partial charge >= 0.3 is 0 Å². The zero-order chi connectivity index (χ0) is 7.64. The Hall–Kier alpha value is -0.0400. The van der Waals surface area contributed by atoms with E-state index >= 15 is 0 Å². The molecular formula is C10H17N. The van der Waals surface area contributed by atoms with Gasteiger partial charge in [-0.3, -0.25) is 4.90 Å². The van der Waals surface area contributed by atoms with E-state index in [0.717, 1.165) is 23.4 Å². The number of rotatable bonds is 1. The van der Waals surface area contributed by atoms with Crippen LogP contribution in [0.2, 0.25) is 0 Å². The molecule has 3 fully saturated rings. The van der Waals surface area contributed by atoms with Gasteiger partial charge in [-0.1, -0.05) is 0 Å². The first-order valence-electron chi connectivity index (χ1n) is 5.00. The van der Waals surface area contributed by atoms with Crippen molar-refractivity contribution in [3.8, 4) is 0 Å². The van der Waals surface area contributed by atoms with Crippen LogP contribution in [0.1, 0.15) is 33.1 Å². The lowest BCUT2D eigenvalue weighted by Gasteiger charge is -2.33. The van der Waals surface area contributed by atoms with Gasteiger partial charge in [-0.05, 0) is 44.4 Å². The third-order valence-corrected chi connectivity index (χ3v) is 4.34. The van der Waals surface area contributed by atoms with Gasteiger partial charge in [0, 0.05) is 18.6 Å². The number of likely N-dealkylation sites (tertiary alicyclic amines) is 1. The first-order chi connectivity index (χ1) is 5.24. The summed E-state index contributed by atoms with van der Waals surface area (Å²) in [5.41, 5.74) is 0.879. The second kappa shape index (κ2) is 1.66. The monoisotopic (exact) mass is 151 g/mol. The first-order valence-corrected chi connectivity index (χ1v) is 5.00. The van der Waals surface area contributed by atoms with Crippen molar-refractivity contribution in [2.24, 2.45) is 11.3 Å². The summed E-state index contributed by atoms with van der Waals surface area (Å²) in [6.07, 6.45) is 4.61. The maximum absolute atomic E-state index is 2.73. The highest BCUT2D eigenvalue weighted by atomic mass is 15.3. The third kappa shape index (κ3) is 0.581. The van der Waals surface area contributed by atoms with Gasteiger partial charge in [0.05, 0.1) is 0 Å². The predicted octanol–water partition coefficient (Wildman–Crippen LogP) is 1.88. The molecule has 1 heterocycles. The summed E-state index contributed by atoms with van der Waals surface area (Å²) >= 11 is 0. The lowest BCUT2D eigenvalue weighted by molar-refractivity contribution is 0.168. The minimum atomic E-state index is 0.796. The Morgan fingerprint density at radius 3 is 2.55 bits per heavy atom. The maximum Gasteiger partial charge on any atom is 0.0164 e. The van der Waals surface area contributed by atoms with Crippen molar-refractivity contribution in [3.63, 3.8) is 0 Å². The van der Waals surface area contributed by atoms with Gasteiger partial charge in [-0.2, -0.15) is 0 Å². The average molecular weight is 151 g/mol. The highest BCUT2D eigenvalue weighted by Gasteiger charge is 2.70. The fourth-order valence-corrected chi connectivity index (χ4v) is 3.40. The Morgan fingerprint density at radius 2 is 2.27 bits per heavy atom. The van der Waals surface area contributed by atoms with Crippen LogP contribution in [0.15, 0.2) is 0 Å². The molecule has 0 aromatic heterocycles. The predicted molar refractivity (Wildman–Crippen MR) is 45.4 cm³/mol. The molecule has 1 spiro atoms. The smallest absolute Gasteiger partial charge is 0.0164 e. The number of piperidine rings is 1. The van der Waals surface area contributed by atoms with Crippen LogP contribution in [-0.2, 0) is 0 Å². The summed E-state index contributed by atoms with van der Waals surface area (Å²) in [6, 6.07) is 1.81. The molecule has 1 nitrogen and oxygen atoms in total. The average Bonchev–Trinajstić information content (AvgIpc) is 2.58.